The monoisotopic (exact) mass is 249 g/mol. The standard InChI is InChI=1S/C16H27NO/c1-6-9-16(13(7-2)8-3)12(4)18-15-10-14(11-15)17-5/h6-7,9,14-15,17H,8,10-11H2,1-5H3/b9-6-,13-7?,16-12-. The van der Waals surface area contributed by atoms with Gasteiger partial charge >= 0.3 is 0 Å². The van der Waals surface area contributed by atoms with Crippen molar-refractivity contribution >= 4 is 0 Å². The van der Waals surface area contributed by atoms with Crippen LogP contribution in [0, 0.1) is 0 Å². The van der Waals surface area contributed by atoms with E-state index in [9.17, 15) is 0 Å². The summed E-state index contributed by atoms with van der Waals surface area (Å²) in [5.41, 5.74) is 2.60. The van der Waals surface area contributed by atoms with Crippen molar-refractivity contribution in [2.45, 2.75) is 59.1 Å². The summed E-state index contributed by atoms with van der Waals surface area (Å²) in [5, 5.41) is 3.28. The molecule has 0 aliphatic heterocycles. The number of hydrogen-bond acceptors (Lipinski definition) is 2. The molecule has 18 heavy (non-hydrogen) atoms. The Hall–Kier alpha value is -1.02. The van der Waals surface area contributed by atoms with Gasteiger partial charge in [0.05, 0.1) is 0 Å². The van der Waals surface area contributed by atoms with E-state index in [1.165, 1.54) is 11.1 Å². The van der Waals surface area contributed by atoms with E-state index >= 15 is 0 Å². The SMILES string of the molecule is CC=C(CC)C(/C=C\C)=C(/C)OC1CC(NC)C1. The molecule has 0 aromatic heterocycles. The third-order valence-corrected chi connectivity index (χ3v) is 3.63. The van der Waals surface area contributed by atoms with Gasteiger partial charge in [0.1, 0.15) is 11.9 Å². The second-order valence-corrected chi connectivity index (χ2v) is 4.83. The number of nitrogens with one attached hydrogen (secondary N) is 1. The lowest BCUT2D eigenvalue weighted by Crippen LogP contribution is -2.43. The van der Waals surface area contributed by atoms with Crippen LogP contribution in [0.3, 0.4) is 0 Å². The van der Waals surface area contributed by atoms with Crippen LogP contribution in [0.15, 0.2) is 35.1 Å². The number of rotatable bonds is 6. The molecule has 1 aliphatic carbocycles. The molecule has 1 fully saturated rings. The molecule has 1 aliphatic rings. The van der Waals surface area contributed by atoms with Gasteiger partial charge < -0.3 is 10.1 Å². The maximum Gasteiger partial charge on any atom is 0.101 e. The van der Waals surface area contributed by atoms with Crippen LogP contribution >= 0.6 is 0 Å². The van der Waals surface area contributed by atoms with Crippen LogP contribution in [0.25, 0.3) is 0 Å². The maximum absolute atomic E-state index is 6.07. The summed E-state index contributed by atoms with van der Waals surface area (Å²) in [4.78, 5) is 0. The molecule has 0 atom stereocenters. The maximum atomic E-state index is 6.07. The first-order chi connectivity index (χ1) is 8.65. The Bertz CT molecular complexity index is 346. The van der Waals surface area contributed by atoms with Crippen molar-refractivity contribution in [3.8, 4) is 0 Å². The zero-order valence-corrected chi connectivity index (χ0v) is 12.4. The summed E-state index contributed by atoms with van der Waals surface area (Å²) in [5.74, 6) is 1.06. The van der Waals surface area contributed by atoms with Gasteiger partial charge in [0.25, 0.3) is 0 Å². The van der Waals surface area contributed by atoms with Crippen LogP contribution in [0.1, 0.15) is 47.0 Å². The van der Waals surface area contributed by atoms with Crippen molar-refractivity contribution in [1.82, 2.24) is 5.32 Å². The molecule has 102 valence electrons. The molecule has 1 rings (SSSR count). The van der Waals surface area contributed by atoms with Crippen LogP contribution in [0.5, 0.6) is 0 Å². The van der Waals surface area contributed by atoms with Crippen LogP contribution in [0.2, 0.25) is 0 Å². The van der Waals surface area contributed by atoms with E-state index in [1.807, 2.05) is 7.05 Å². The summed E-state index contributed by atoms with van der Waals surface area (Å²) >= 11 is 0. The van der Waals surface area contributed by atoms with E-state index < -0.39 is 0 Å². The highest BCUT2D eigenvalue weighted by molar-refractivity contribution is 5.41. The quantitative estimate of drug-likeness (QED) is 0.568. The Morgan fingerprint density at radius 2 is 2.00 bits per heavy atom. The zero-order valence-electron chi connectivity index (χ0n) is 12.4. The molecule has 0 radical (unpaired) electrons. The summed E-state index contributed by atoms with van der Waals surface area (Å²) in [6.07, 6.45) is 10.1. The average molecular weight is 249 g/mol. The minimum atomic E-state index is 0.387. The third-order valence-electron chi connectivity index (χ3n) is 3.63. The van der Waals surface area contributed by atoms with Gasteiger partial charge in [-0.15, -0.1) is 0 Å². The highest BCUT2D eigenvalue weighted by Gasteiger charge is 2.29. The molecule has 0 saturated heterocycles. The molecule has 0 amide bonds. The molecule has 0 bridgehead atoms. The molecule has 1 N–H and O–H groups in total. The van der Waals surface area contributed by atoms with E-state index in [2.05, 4.69) is 51.2 Å². The minimum Gasteiger partial charge on any atom is -0.494 e. The van der Waals surface area contributed by atoms with Crippen LogP contribution in [0.4, 0.5) is 0 Å². The van der Waals surface area contributed by atoms with E-state index in [0.29, 0.717) is 12.1 Å². The van der Waals surface area contributed by atoms with E-state index in [0.717, 1.165) is 25.0 Å². The van der Waals surface area contributed by atoms with Crippen LogP contribution < -0.4 is 5.32 Å². The van der Waals surface area contributed by atoms with Gasteiger partial charge in [0.15, 0.2) is 0 Å². The van der Waals surface area contributed by atoms with Crippen molar-refractivity contribution in [3.05, 3.63) is 35.1 Å². The molecule has 0 aromatic carbocycles. The summed E-state index contributed by atoms with van der Waals surface area (Å²) in [6, 6.07) is 0.639. The minimum absolute atomic E-state index is 0.387. The normalized spacial score (nSPS) is 25.9. The molecule has 2 heteroatoms. The Morgan fingerprint density at radius 1 is 1.33 bits per heavy atom. The van der Waals surface area contributed by atoms with Gasteiger partial charge in [-0.05, 0) is 52.7 Å². The first-order valence-electron chi connectivity index (χ1n) is 6.99. The molecule has 1 saturated carbocycles. The lowest BCUT2D eigenvalue weighted by Gasteiger charge is -2.35. The van der Waals surface area contributed by atoms with Crippen molar-refractivity contribution in [2.24, 2.45) is 0 Å². The second kappa shape index (κ2) is 7.42. The first kappa shape index (κ1) is 15.0. The highest BCUT2D eigenvalue weighted by Crippen LogP contribution is 2.28. The molecule has 0 spiro atoms. The fourth-order valence-electron chi connectivity index (χ4n) is 2.38. The van der Waals surface area contributed by atoms with E-state index in [1.54, 1.807) is 0 Å². The first-order valence-corrected chi connectivity index (χ1v) is 6.99. The molecule has 0 unspecified atom stereocenters. The number of ether oxygens (including phenoxy) is 1. The average Bonchev–Trinajstić information content (AvgIpc) is 2.33. The van der Waals surface area contributed by atoms with Crippen molar-refractivity contribution in [1.29, 1.82) is 0 Å². The Kier molecular flexibility index (Phi) is 6.20. The fraction of sp³-hybridized carbons (Fsp3) is 0.625. The van der Waals surface area contributed by atoms with Gasteiger partial charge in [-0.2, -0.15) is 0 Å². The summed E-state index contributed by atoms with van der Waals surface area (Å²) in [6.45, 7) is 8.42. The van der Waals surface area contributed by atoms with Crippen molar-refractivity contribution in [2.75, 3.05) is 7.05 Å². The van der Waals surface area contributed by atoms with Gasteiger partial charge in [0.2, 0.25) is 0 Å². The summed E-state index contributed by atoms with van der Waals surface area (Å²) < 4.78 is 6.07. The largest absolute Gasteiger partial charge is 0.494 e. The molecular weight excluding hydrogens is 222 g/mol. The molecule has 0 aromatic rings. The lowest BCUT2D eigenvalue weighted by atomic mass is 9.89. The molecular formula is C16H27NO. The summed E-state index contributed by atoms with van der Waals surface area (Å²) in [7, 11) is 2.02. The van der Waals surface area contributed by atoms with Gasteiger partial charge in [-0.25, -0.2) is 0 Å². The van der Waals surface area contributed by atoms with Gasteiger partial charge in [-0.3, -0.25) is 0 Å². The highest BCUT2D eigenvalue weighted by atomic mass is 16.5. The second-order valence-electron chi connectivity index (χ2n) is 4.83. The van der Waals surface area contributed by atoms with Gasteiger partial charge in [-0.1, -0.05) is 25.2 Å². The Labute approximate surface area is 112 Å². The Balaban J connectivity index is 2.72. The number of allylic oxidation sites excluding steroid dienone is 6. The topological polar surface area (TPSA) is 21.3 Å². The van der Waals surface area contributed by atoms with Crippen LogP contribution in [-0.2, 0) is 4.74 Å². The van der Waals surface area contributed by atoms with Gasteiger partial charge in [0, 0.05) is 11.6 Å². The van der Waals surface area contributed by atoms with E-state index in [-0.39, 0.29) is 0 Å². The Morgan fingerprint density at radius 3 is 2.44 bits per heavy atom. The van der Waals surface area contributed by atoms with Crippen LogP contribution in [-0.4, -0.2) is 19.2 Å². The number of hydrogen-bond donors (Lipinski definition) is 1. The van der Waals surface area contributed by atoms with Crippen molar-refractivity contribution < 1.29 is 4.74 Å². The molecule has 0 heterocycles. The lowest BCUT2D eigenvalue weighted by molar-refractivity contribution is 0.0296. The fourth-order valence-corrected chi connectivity index (χ4v) is 2.38. The molecule has 2 nitrogen and oxygen atoms in total. The predicted molar refractivity (Wildman–Crippen MR) is 78.5 cm³/mol. The zero-order chi connectivity index (χ0) is 13.5. The van der Waals surface area contributed by atoms with Crippen molar-refractivity contribution in [3.63, 3.8) is 0 Å². The smallest absolute Gasteiger partial charge is 0.101 e. The third kappa shape index (κ3) is 3.74. The predicted octanol–water partition coefficient (Wildman–Crippen LogP) is 3.96. The van der Waals surface area contributed by atoms with E-state index in [4.69, 9.17) is 4.74 Å².